The van der Waals surface area contributed by atoms with E-state index in [1.54, 1.807) is 12.1 Å². The molecule has 1 heterocycles. The van der Waals surface area contributed by atoms with Gasteiger partial charge in [0.15, 0.2) is 0 Å². The number of aryl methyl sites for hydroxylation is 1. The molecule has 0 atom stereocenters. The molecule has 106 valence electrons. The number of nitrogens with zero attached hydrogens (tertiary/aromatic N) is 2. The Kier molecular flexibility index (Phi) is 4.21. The van der Waals surface area contributed by atoms with Gasteiger partial charge in [0.25, 0.3) is 0 Å². The summed E-state index contributed by atoms with van der Waals surface area (Å²) < 4.78 is 5.74. The summed E-state index contributed by atoms with van der Waals surface area (Å²) in [6.07, 6.45) is 0. The van der Waals surface area contributed by atoms with Gasteiger partial charge >= 0.3 is 0 Å². The summed E-state index contributed by atoms with van der Waals surface area (Å²) in [6, 6.07) is 7.15. The highest BCUT2D eigenvalue weighted by molar-refractivity contribution is 6.32. The second-order valence-electron chi connectivity index (χ2n) is 5.64. The first kappa shape index (κ1) is 15.1. The van der Waals surface area contributed by atoms with Crippen LogP contribution in [0.2, 0.25) is 10.2 Å². The van der Waals surface area contributed by atoms with Gasteiger partial charge in [0.2, 0.25) is 5.88 Å². The summed E-state index contributed by atoms with van der Waals surface area (Å²) in [5.41, 5.74) is 0.847. The number of hydrogen-bond acceptors (Lipinski definition) is 3. The van der Waals surface area contributed by atoms with Crippen molar-refractivity contribution in [2.45, 2.75) is 33.1 Å². The predicted molar refractivity (Wildman–Crippen MR) is 82.0 cm³/mol. The fourth-order valence-electron chi connectivity index (χ4n) is 1.59. The zero-order valence-electron chi connectivity index (χ0n) is 11.9. The summed E-state index contributed by atoms with van der Waals surface area (Å²) in [5.74, 6) is 1.58. The molecule has 0 saturated heterocycles. The molecule has 20 heavy (non-hydrogen) atoms. The quantitative estimate of drug-likeness (QED) is 0.717. The molecule has 0 N–H and O–H groups in total. The lowest BCUT2D eigenvalue weighted by Crippen LogP contribution is -2.16. The number of benzene rings is 1. The molecule has 2 aromatic rings. The Morgan fingerprint density at radius 1 is 1.05 bits per heavy atom. The van der Waals surface area contributed by atoms with Crippen LogP contribution in [0, 0.1) is 6.92 Å². The van der Waals surface area contributed by atoms with E-state index in [2.05, 4.69) is 9.97 Å². The topological polar surface area (TPSA) is 35.0 Å². The van der Waals surface area contributed by atoms with Crippen LogP contribution in [0.5, 0.6) is 11.6 Å². The van der Waals surface area contributed by atoms with Gasteiger partial charge in [0.1, 0.15) is 16.7 Å². The highest BCUT2D eigenvalue weighted by atomic mass is 35.5. The molecule has 1 aromatic heterocycles. The van der Waals surface area contributed by atoms with Crippen molar-refractivity contribution in [2.75, 3.05) is 0 Å². The van der Waals surface area contributed by atoms with Crippen molar-refractivity contribution in [3.8, 4) is 11.6 Å². The van der Waals surface area contributed by atoms with Crippen LogP contribution in [0.25, 0.3) is 0 Å². The van der Waals surface area contributed by atoms with Crippen LogP contribution in [0.3, 0.4) is 0 Å². The zero-order chi connectivity index (χ0) is 14.9. The molecule has 0 unspecified atom stereocenters. The van der Waals surface area contributed by atoms with E-state index in [1.807, 2.05) is 39.8 Å². The molecule has 0 fully saturated rings. The van der Waals surface area contributed by atoms with Gasteiger partial charge in [-0.1, -0.05) is 50.0 Å². The van der Waals surface area contributed by atoms with Crippen molar-refractivity contribution in [2.24, 2.45) is 0 Å². The normalized spacial score (nSPS) is 11.5. The first-order valence-corrected chi connectivity index (χ1v) is 7.00. The number of halogens is 2. The highest BCUT2D eigenvalue weighted by Crippen LogP contribution is 2.31. The first-order valence-electron chi connectivity index (χ1n) is 6.25. The fourth-order valence-corrected chi connectivity index (χ4v) is 1.92. The molecular formula is C15H16Cl2N2O. The molecule has 0 aliphatic heterocycles. The summed E-state index contributed by atoms with van der Waals surface area (Å²) in [7, 11) is 0. The molecule has 0 aliphatic carbocycles. The molecule has 0 bridgehead atoms. The van der Waals surface area contributed by atoms with Crippen LogP contribution in [0.15, 0.2) is 24.3 Å². The van der Waals surface area contributed by atoms with Crippen molar-refractivity contribution < 1.29 is 4.74 Å². The van der Waals surface area contributed by atoms with E-state index in [-0.39, 0.29) is 5.41 Å². The van der Waals surface area contributed by atoms with E-state index in [0.717, 1.165) is 5.56 Å². The lowest BCUT2D eigenvalue weighted by molar-refractivity contribution is 0.446. The summed E-state index contributed by atoms with van der Waals surface area (Å²) in [4.78, 5) is 8.62. The largest absolute Gasteiger partial charge is 0.437 e. The molecule has 0 amide bonds. The van der Waals surface area contributed by atoms with Crippen molar-refractivity contribution in [3.05, 3.63) is 45.8 Å². The Morgan fingerprint density at radius 2 is 1.75 bits per heavy atom. The SMILES string of the molecule is Cc1ccc(Cl)c(Oc2cc(Cl)nc(C(C)(C)C)n2)c1. The van der Waals surface area contributed by atoms with Crippen molar-refractivity contribution in [1.82, 2.24) is 9.97 Å². The lowest BCUT2D eigenvalue weighted by atomic mass is 9.96. The molecule has 1 aromatic carbocycles. The lowest BCUT2D eigenvalue weighted by Gasteiger charge is -2.17. The number of aromatic nitrogens is 2. The van der Waals surface area contributed by atoms with Gasteiger partial charge < -0.3 is 4.74 Å². The van der Waals surface area contributed by atoms with Crippen molar-refractivity contribution in [3.63, 3.8) is 0 Å². The first-order chi connectivity index (χ1) is 9.25. The summed E-state index contributed by atoms with van der Waals surface area (Å²) in [6.45, 7) is 8.02. The van der Waals surface area contributed by atoms with Crippen LogP contribution < -0.4 is 4.74 Å². The smallest absolute Gasteiger partial charge is 0.224 e. The van der Waals surface area contributed by atoms with E-state index in [9.17, 15) is 0 Å². The number of hydrogen-bond donors (Lipinski definition) is 0. The zero-order valence-corrected chi connectivity index (χ0v) is 13.4. The van der Waals surface area contributed by atoms with E-state index < -0.39 is 0 Å². The molecule has 2 rings (SSSR count). The summed E-state index contributed by atoms with van der Waals surface area (Å²) in [5, 5.41) is 0.881. The molecular weight excluding hydrogens is 295 g/mol. The minimum Gasteiger partial charge on any atom is -0.437 e. The second kappa shape index (κ2) is 5.58. The fraction of sp³-hybridized carbons (Fsp3) is 0.333. The second-order valence-corrected chi connectivity index (χ2v) is 6.43. The maximum atomic E-state index is 6.11. The van der Waals surface area contributed by atoms with Crippen molar-refractivity contribution in [1.29, 1.82) is 0 Å². The third-order valence-corrected chi connectivity index (χ3v) is 3.15. The van der Waals surface area contributed by atoms with E-state index in [4.69, 9.17) is 27.9 Å². The number of rotatable bonds is 2. The Morgan fingerprint density at radius 3 is 2.40 bits per heavy atom. The van der Waals surface area contributed by atoms with E-state index in [0.29, 0.717) is 27.6 Å². The van der Waals surface area contributed by atoms with Gasteiger partial charge in [-0.2, -0.15) is 4.98 Å². The van der Waals surface area contributed by atoms with Crippen LogP contribution in [-0.2, 0) is 5.41 Å². The van der Waals surface area contributed by atoms with Gasteiger partial charge in [0, 0.05) is 11.5 Å². The van der Waals surface area contributed by atoms with Crippen LogP contribution in [-0.4, -0.2) is 9.97 Å². The Hall–Kier alpha value is -1.32. The maximum Gasteiger partial charge on any atom is 0.224 e. The minimum atomic E-state index is -0.209. The molecule has 3 nitrogen and oxygen atoms in total. The molecule has 5 heteroatoms. The number of ether oxygens (including phenoxy) is 1. The molecule has 0 spiro atoms. The molecule has 0 aliphatic rings. The van der Waals surface area contributed by atoms with Gasteiger partial charge in [-0.3, -0.25) is 0 Å². The maximum absolute atomic E-state index is 6.11. The van der Waals surface area contributed by atoms with E-state index >= 15 is 0 Å². The average Bonchev–Trinajstić information content (AvgIpc) is 2.32. The Bertz CT molecular complexity index is 636. The van der Waals surface area contributed by atoms with Crippen LogP contribution >= 0.6 is 23.2 Å². The predicted octanol–water partition coefficient (Wildman–Crippen LogP) is 5.18. The molecule has 0 saturated carbocycles. The Labute approximate surface area is 128 Å². The van der Waals surface area contributed by atoms with Gasteiger partial charge in [-0.15, -0.1) is 0 Å². The Balaban J connectivity index is 2.39. The van der Waals surface area contributed by atoms with E-state index in [1.165, 1.54) is 0 Å². The van der Waals surface area contributed by atoms with Crippen molar-refractivity contribution >= 4 is 23.2 Å². The molecule has 0 radical (unpaired) electrons. The third-order valence-electron chi connectivity index (χ3n) is 2.64. The van der Waals surface area contributed by atoms with Gasteiger partial charge in [-0.05, 0) is 24.6 Å². The average molecular weight is 311 g/mol. The monoisotopic (exact) mass is 310 g/mol. The highest BCUT2D eigenvalue weighted by Gasteiger charge is 2.19. The van der Waals surface area contributed by atoms with Gasteiger partial charge in [-0.25, -0.2) is 4.98 Å². The summed E-state index contributed by atoms with van der Waals surface area (Å²) >= 11 is 12.1. The minimum absolute atomic E-state index is 0.209. The van der Waals surface area contributed by atoms with Gasteiger partial charge in [0.05, 0.1) is 5.02 Å². The third kappa shape index (κ3) is 3.62. The van der Waals surface area contributed by atoms with Crippen LogP contribution in [0.4, 0.5) is 0 Å². The standard InChI is InChI=1S/C15H16Cl2N2O/c1-9-5-6-10(16)11(7-9)20-13-8-12(17)18-14(19-13)15(2,3)4/h5-8H,1-4H3. The van der Waals surface area contributed by atoms with Crippen LogP contribution in [0.1, 0.15) is 32.2 Å².